The molecule has 0 aliphatic heterocycles. The summed E-state index contributed by atoms with van der Waals surface area (Å²) < 4.78 is 44.4. The molecule has 3 aromatic rings. The van der Waals surface area contributed by atoms with E-state index in [0.717, 1.165) is 23.3 Å². The van der Waals surface area contributed by atoms with E-state index in [1.807, 2.05) is 19.1 Å². The molecule has 1 atom stereocenters. The number of carbonyl (C=O) groups excluding carboxylic acids is 1. The van der Waals surface area contributed by atoms with Gasteiger partial charge in [-0.15, -0.1) is 0 Å². The largest absolute Gasteiger partial charge is 0.486 e. The van der Waals surface area contributed by atoms with Crippen LogP contribution in [0.5, 0.6) is 5.75 Å². The van der Waals surface area contributed by atoms with Crippen molar-refractivity contribution >= 4 is 11.8 Å². The lowest BCUT2D eigenvalue weighted by Crippen LogP contribution is -2.07. The molecule has 0 aromatic heterocycles. The highest BCUT2D eigenvalue weighted by Gasteiger charge is 2.29. The highest BCUT2D eigenvalue weighted by atomic mass is 19.4. The summed E-state index contributed by atoms with van der Waals surface area (Å²) in [5.74, 6) is -0.393. The Hall–Kier alpha value is -3.61. The van der Waals surface area contributed by atoms with E-state index in [9.17, 15) is 22.8 Å². The molecule has 7 heteroatoms. The number of hydrogen-bond acceptors (Lipinski definition) is 3. The van der Waals surface area contributed by atoms with E-state index >= 15 is 0 Å². The van der Waals surface area contributed by atoms with Crippen LogP contribution in [0.3, 0.4) is 0 Å². The van der Waals surface area contributed by atoms with Crippen LogP contribution in [0.2, 0.25) is 0 Å². The first-order valence-corrected chi connectivity index (χ1v) is 11.0. The summed E-state index contributed by atoms with van der Waals surface area (Å²) in [6.45, 7) is 1.98. The van der Waals surface area contributed by atoms with Gasteiger partial charge in [-0.25, -0.2) is 0 Å². The number of ether oxygens (including phenoxy) is 1. The van der Waals surface area contributed by atoms with E-state index < -0.39 is 17.7 Å². The number of carboxylic acid groups (broad SMARTS) is 1. The summed E-state index contributed by atoms with van der Waals surface area (Å²) in [6, 6.07) is 19.2. The molecule has 3 rings (SSSR count). The number of hydrogen-bond donors (Lipinski definition) is 1. The Balaban J connectivity index is 1.64. The van der Waals surface area contributed by atoms with Crippen LogP contribution in [0.25, 0.3) is 11.1 Å². The van der Waals surface area contributed by atoms with Gasteiger partial charge in [0.25, 0.3) is 0 Å². The zero-order valence-electron chi connectivity index (χ0n) is 18.6. The third-order valence-corrected chi connectivity index (χ3v) is 5.45. The van der Waals surface area contributed by atoms with Gasteiger partial charge in [-0.3, -0.25) is 9.59 Å². The summed E-state index contributed by atoms with van der Waals surface area (Å²) in [4.78, 5) is 22.8. The highest BCUT2D eigenvalue weighted by Crippen LogP contribution is 2.32. The standard InChI is InChI=1S/C27H25F3O4/c1-2-25(21-8-6-20(7-9-21)24(31)4-3-5-26(32)33)34-23-16-12-19(13-17-23)18-10-14-22(15-11-18)27(28,29)30/h6-17,25H,2-5H2,1H3,(H,32,33). The first-order chi connectivity index (χ1) is 16.2. The molecule has 0 amide bonds. The number of rotatable bonds is 10. The minimum atomic E-state index is -4.36. The molecule has 1 N–H and O–H groups in total. The Kier molecular flexibility index (Phi) is 8.10. The van der Waals surface area contributed by atoms with E-state index in [1.54, 1.807) is 36.4 Å². The van der Waals surface area contributed by atoms with E-state index in [2.05, 4.69) is 0 Å². The lowest BCUT2D eigenvalue weighted by atomic mass is 10.0. The van der Waals surface area contributed by atoms with Crippen LogP contribution in [-0.4, -0.2) is 16.9 Å². The van der Waals surface area contributed by atoms with Crippen LogP contribution in [-0.2, 0) is 11.0 Å². The Labute approximate surface area is 196 Å². The van der Waals surface area contributed by atoms with Crippen molar-refractivity contribution in [2.24, 2.45) is 0 Å². The van der Waals surface area contributed by atoms with Crippen molar-refractivity contribution in [1.82, 2.24) is 0 Å². The highest BCUT2D eigenvalue weighted by molar-refractivity contribution is 5.96. The Morgan fingerprint density at radius 1 is 0.853 bits per heavy atom. The predicted molar refractivity (Wildman–Crippen MR) is 123 cm³/mol. The normalized spacial score (nSPS) is 12.2. The number of halogens is 3. The SMILES string of the molecule is CCC(Oc1ccc(-c2ccc(C(F)(F)F)cc2)cc1)c1ccc(C(=O)CCCC(=O)O)cc1. The molecule has 0 saturated carbocycles. The minimum Gasteiger partial charge on any atom is -0.486 e. The lowest BCUT2D eigenvalue weighted by molar-refractivity contribution is -0.138. The summed E-state index contributed by atoms with van der Waals surface area (Å²) in [5, 5.41) is 8.69. The fourth-order valence-electron chi connectivity index (χ4n) is 3.56. The molecule has 0 spiro atoms. The Morgan fingerprint density at radius 2 is 1.41 bits per heavy atom. The quantitative estimate of drug-likeness (QED) is 0.315. The van der Waals surface area contributed by atoms with E-state index in [-0.39, 0.29) is 24.7 Å². The molecule has 3 aromatic carbocycles. The molecule has 0 radical (unpaired) electrons. The molecule has 4 nitrogen and oxygen atoms in total. The van der Waals surface area contributed by atoms with Gasteiger partial charge in [-0.05, 0) is 53.8 Å². The maximum absolute atomic E-state index is 12.8. The van der Waals surface area contributed by atoms with Crippen molar-refractivity contribution in [2.75, 3.05) is 0 Å². The molecule has 0 aliphatic carbocycles. The van der Waals surface area contributed by atoms with Gasteiger partial charge in [0.15, 0.2) is 5.78 Å². The van der Waals surface area contributed by atoms with Crippen LogP contribution in [0.4, 0.5) is 13.2 Å². The van der Waals surface area contributed by atoms with Crippen LogP contribution in [0.1, 0.15) is 60.2 Å². The van der Waals surface area contributed by atoms with Crippen molar-refractivity contribution in [3.63, 3.8) is 0 Å². The second-order valence-electron chi connectivity index (χ2n) is 7.91. The fourth-order valence-corrected chi connectivity index (χ4v) is 3.56. The number of carboxylic acids is 1. The molecule has 0 saturated heterocycles. The van der Waals surface area contributed by atoms with Gasteiger partial charge < -0.3 is 9.84 Å². The Bertz CT molecular complexity index is 1100. The van der Waals surface area contributed by atoms with Gasteiger partial charge in [0, 0.05) is 18.4 Å². The second-order valence-corrected chi connectivity index (χ2v) is 7.91. The second kappa shape index (κ2) is 11.0. The van der Waals surface area contributed by atoms with Gasteiger partial charge in [-0.2, -0.15) is 13.2 Å². The van der Waals surface area contributed by atoms with Gasteiger partial charge in [0.1, 0.15) is 11.9 Å². The topological polar surface area (TPSA) is 63.6 Å². The molecule has 178 valence electrons. The third-order valence-electron chi connectivity index (χ3n) is 5.45. The minimum absolute atomic E-state index is 0.0345. The zero-order valence-corrected chi connectivity index (χ0v) is 18.6. The molecular weight excluding hydrogens is 445 g/mol. The van der Waals surface area contributed by atoms with Crippen molar-refractivity contribution in [1.29, 1.82) is 0 Å². The molecular formula is C27H25F3O4. The van der Waals surface area contributed by atoms with E-state index in [4.69, 9.17) is 9.84 Å². The average molecular weight is 470 g/mol. The van der Waals surface area contributed by atoms with Gasteiger partial charge in [-0.1, -0.05) is 55.5 Å². The van der Waals surface area contributed by atoms with Gasteiger partial charge in [0.2, 0.25) is 0 Å². The first-order valence-electron chi connectivity index (χ1n) is 11.0. The van der Waals surface area contributed by atoms with Crippen LogP contribution in [0, 0.1) is 0 Å². The summed E-state index contributed by atoms with van der Waals surface area (Å²) >= 11 is 0. The van der Waals surface area contributed by atoms with Crippen molar-refractivity contribution in [3.05, 3.63) is 89.5 Å². The monoisotopic (exact) mass is 470 g/mol. The Morgan fingerprint density at radius 3 is 1.91 bits per heavy atom. The van der Waals surface area contributed by atoms with E-state index in [0.29, 0.717) is 29.7 Å². The van der Waals surface area contributed by atoms with Crippen molar-refractivity contribution in [3.8, 4) is 16.9 Å². The molecule has 0 heterocycles. The van der Waals surface area contributed by atoms with Crippen molar-refractivity contribution in [2.45, 2.75) is 44.9 Å². The maximum atomic E-state index is 12.8. The van der Waals surface area contributed by atoms with E-state index in [1.165, 1.54) is 12.1 Å². The molecule has 1 unspecified atom stereocenters. The average Bonchev–Trinajstić information content (AvgIpc) is 2.82. The lowest BCUT2D eigenvalue weighted by Gasteiger charge is -2.18. The number of carbonyl (C=O) groups is 2. The molecule has 0 aliphatic rings. The first kappa shape index (κ1) is 25.0. The van der Waals surface area contributed by atoms with Gasteiger partial charge >= 0.3 is 12.1 Å². The van der Waals surface area contributed by atoms with Crippen LogP contribution >= 0.6 is 0 Å². The smallest absolute Gasteiger partial charge is 0.416 e. The zero-order chi connectivity index (χ0) is 24.7. The molecule has 0 fully saturated rings. The molecule has 34 heavy (non-hydrogen) atoms. The molecule has 0 bridgehead atoms. The predicted octanol–water partition coefficient (Wildman–Crippen LogP) is 7.34. The summed E-state index contributed by atoms with van der Waals surface area (Å²) in [5.41, 5.74) is 2.20. The number of benzene rings is 3. The van der Waals surface area contributed by atoms with Gasteiger partial charge in [0.05, 0.1) is 5.56 Å². The maximum Gasteiger partial charge on any atom is 0.416 e. The van der Waals surface area contributed by atoms with Crippen molar-refractivity contribution < 1.29 is 32.6 Å². The summed E-state index contributed by atoms with van der Waals surface area (Å²) in [7, 11) is 0. The number of alkyl halides is 3. The third kappa shape index (κ3) is 6.70. The van der Waals surface area contributed by atoms with Crippen LogP contribution < -0.4 is 4.74 Å². The summed E-state index contributed by atoms with van der Waals surface area (Å²) in [6.07, 6.45) is -3.46. The fraction of sp³-hybridized carbons (Fsp3) is 0.259. The number of ketones is 1. The number of Topliss-reactive ketones (excluding diaryl/α,β-unsaturated/α-hetero) is 1. The number of aliphatic carboxylic acids is 1. The van der Waals surface area contributed by atoms with Crippen LogP contribution in [0.15, 0.2) is 72.8 Å².